The first-order valence-electron chi connectivity index (χ1n) is 7.66. The molecule has 3 amide bonds. The zero-order chi connectivity index (χ0) is 18.2. The number of esters is 1. The molecule has 0 saturated carbocycles. The lowest BCUT2D eigenvalue weighted by molar-refractivity contribution is -0.127. The van der Waals surface area contributed by atoms with Gasteiger partial charge in [-0.1, -0.05) is 30.3 Å². The van der Waals surface area contributed by atoms with E-state index in [0.29, 0.717) is 5.69 Å². The molecule has 0 saturated heterocycles. The third-order valence-corrected chi connectivity index (χ3v) is 3.32. The van der Waals surface area contributed by atoms with Crippen molar-refractivity contribution >= 4 is 29.3 Å². The number of rotatable bonds is 5. The van der Waals surface area contributed by atoms with Gasteiger partial charge >= 0.3 is 12.0 Å². The summed E-state index contributed by atoms with van der Waals surface area (Å²) in [7, 11) is 1.38. The number of urea groups is 1. The summed E-state index contributed by atoms with van der Waals surface area (Å²) >= 11 is 0. The predicted octanol–water partition coefficient (Wildman–Crippen LogP) is 2.43. The molecule has 2 aromatic rings. The summed E-state index contributed by atoms with van der Waals surface area (Å²) in [5.74, 6) is -1.38. The SMILES string of the molecule is CNC(=O)NC(=O)[C@@H](C)OC(=O)c1ccccc1Nc1ccccc1. The van der Waals surface area contributed by atoms with E-state index in [-0.39, 0.29) is 5.56 Å². The number of carbonyl (C=O) groups is 3. The fourth-order valence-corrected chi connectivity index (χ4v) is 2.00. The molecule has 2 aromatic carbocycles. The Labute approximate surface area is 145 Å². The van der Waals surface area contributed by atoms with E-state index in [1.807, 2.05) is 30.3 Å². The Morgan fingerprint density at radius 2 is 1.60 bits per heavy atom. The van der Waals surface area contributed by atoms with E-state index in [2.05, 4.69) is 16.0 Å². The van der Waals surface area contributed by atoms with Crippen LogP contribution >= 0.6 is 0 Å². The first-order chi connectivity index (χ1) is 12.0. The number of ether oxygens (including phenoxy) is 1. The minimum Gasteiger partial charge on any atom is -0.449 e. The monoisotopic (exact) mass is 341 g/mol. The molecule has 0 aromatic heterocycles. The second kappa shape index (κ2) is 8.49. The molecule has 0 spiro atoms. The quantitative estimate of drug-likeness (QED) is 0.726. The van der Waals surface area contributed by atoms with Crippen molar-refractivity contribution in [1.29, 1.82) is 0 Å². The number of para-hydroxylation sites is 2. The number of hydrogen-bond donors (Lipinski definition) is 3. The van der Waals surface area contributed by atoms with Gasteiger partial charge in [0.15, 0.2) is 6.10 Å². The molecule has 0 unspecified atom stereocenters. The van der Waals surface area contributed by atoms with E-state index < -0.39 is 24.0 Å². The first kappa shape index (κ1) is 18.0. The van der Waals surface area contributed by atoms with Gasteiger partial charge in [0.25, 0.3) is 5.91 Å². The van der Waals surface area contributed by atoms with E-state index in [9.17, 15) is 14.4 Å². The molecule has 7 nitrogen and oxygen atoms in total. The Hall–Kier alpha value is -3.35. The van der Waals surface area contributed by atoms with Crippen molar-refractivity contribution in [2.75, 3.05) is 12.4 Å². The van der Waals surface area contributed by atoms with Crippen molar-refractivity contribution in [3.8, 4) is 0 Å². The maximum absolute atomic E-state index is 12.4. The second-order valence-electron chi connectivity index (χ2n) is 5.15. The van der Waals surface area contributed by atoms with Crippen molar-refractivity contribution in [2.24, 2.45) is 0 Å². The molecule has 0 radical (unpaired) electrons. The number of nitrogens with one attached hydrogen (secondary N) is 3. The van der Waals surface area contributed by atoms with Gasteiger partial charge in [-0.2, -0.15) is 0 Å². The number of carbonyl (C=O) groups excluding carboxylic acids is 3. The van der Waals surface area contributed by atoms with Crippen molar-refractivity contribution < 1.29 is 19.1 Å². The van der Waals surface area contributed by atoms with Crippen molar-refractivity contribution in [3.05, 3.63) is 60.2 Å². The van der Waals surface area contributed by atoms with E-state index in [1.165, 1.54) is 14.0 Å². The van der Waals surface area contributed by atoms with Gasteiger partial charge in [-0.3, -0.25) is 10.1 Å². The van der Waals surface area contributed by atoms with Crippen LogP contribution in [-0.2, 0) is 9.53 Å². The number of benzene rings is 2. The molecule has 7 heteroatoms. The van der Waals surface area contributed by atoms with Crippen LogP contribution in [0.3, 0.4) is 0 Å². The zero-order valence-electron chi connectivity index (χ0n) is 13.9. The molecular formula is C18H19N3O4. The van der Waals surface area contributed by atoms with Gasteiger partial charge in [0.2, 0.25) is 0 Å². The molecule has 0 aliphatic carbocycles. The molecule has 130 valence electrons. The molecule has 0 aliphatic rings. The van der Waals surface area contributed by atoms with Gasteiger partial charge in [0, 0.05) is 12.7 Å². The maximum Gasteiger partial charge on any atom is 0.341 e. The van der Waals surface area contributed by atoms with Crippen LogP contribution in [0.2, 0.25) is 0 Å². The van der Waals surface area contributed by atoms with Gasteiger partial charge in [0.05, 0.1) is 11.3 Å². The molecule has 3 N–H and O–H groups in total. The first-order valence-corrected chi connectivity index (χ1v) is 7.66. The highest BCUT2D eigenvalue weighted by atomic mass is 16.5. The molecule has 0 heterocycles. The van der Waals surface area contributed by atoms with Crippen LogP contribution in [-0.4, -0.2) is 31.1 Å². The molecule has 0 aliphatic heterocycles. The zero-order valence-corrected chi connectivity index (χ0v) is 13.9. The van der Waals surface area contributed by atoms with Gasteiger partial charge < -0.3 is 15.4 Å². The van der Waals surface area contributed by atoms with E-state index in [4.69, 9.17) is 4.74 Å². The number of imide groups is 1. The largest absolute Gasteiger partial charge is 0.449 e. The summed E-state index contributed by atoms with van der Waals surface area (Å²) in [4.78, 5) is 35.3. The number of anilines is 2. The number of hydrogen-bond acceptors (Lipinski definition) is 5. The van der Waals surface area contributed by atoms with Gasteiger partial charge in [-0.15, -0.1) is 0 Å². The predicted molar refractivity (Wildman–Crippen MR) is 93.6 cm³/mol. The minimum absolute atomic E-state index is 0.283. The Morgan fingerprint density at radius 3 is 2.28 bits per heavy atom. The highest BCUT2D eigenvalue weighted by molar-refractivity contribution is 6.00. The Kier molecular flexibility index (Phi) is 6.11. The van der Waals surface area contributed by atoms with Crippen LogP contribution in [0.4, 0.5) is 16.2 Å². The highest BCUT2D eigenvalue weighted by Crippen LogP contribution is 2.21. The Bertz CT molecular complexity index is 762. The maximum atomic E-state index is 12.4. The lowest BCUT2D eigenvalue weighted by atomic mass is 10.1. The molecular weight excluding hydrogens is 322 g/mol. The van der Waals surface area contributed by atoms with Crippen LogP contribution < -0.4 is 16.0 Å². The van der Waals surface area contributed by atoms with Gasteiger partial charge in [0.1, 0.15) is 0 Å². The summed E-state index contributed by atoms with van der Waals surface area (Å²) in [6.45, 7) is 1.39. The lowest BCUT2D eigenvalue weighted by Gasteiger charge is -2.15. The van der Waals surface area contributed by atoms with E-state index >= 15 is 0 Å². The smallest absolute Gasteiger partial charge is 0.341 e. The van der Waals surface area contributed by atoms with Crippen molar-refractivity contribution in [3.63, 3.8) is 0 Å². The topological polar surface area (TPSA) is 96.5 Å². The van der Waals surface area contributed by atoms with Crippen LogP contribution in [0, 0.1) is 0 Å². The van der Waals surface area contributed by atoms with Gasteiger partial charge in [-0.05, 0) is 31.2 Å². The van der Waals surface area contributed by atoms with Gasteiger partial charge in [-0.25, -0.2) is 9.59 Å². The van der Waals surface area contributed by atoms with E-state index in [0.717, 1.165) is 5.69 Å². The third-order valence-electron chi connectivity index (χ3n) is 3.32. The average molecular weight is 341 g/mol. The molecule has 0 bridgehead atoms. The van der Waals surface area contributed by atoms with Crippen molar-refractivity contribution in [1.82, 2.24) is 10.6 Å². The summed E-state index contributed by atoms with van der Waals surface area (Å²) in [6.07, 6.45) is -1.12. The van der Waals surface area contributed by atoms with Crippen LogP contribution in [0.1, 0.15) is 17.3 Å². The second-order valence-corrected chi connectivity index (χ2v) is 5.15. The molecule has 2 rings (SSSR count). The summed E-state index contributed by atoms with van der Waals surface area (Å²) in [6, 6.07) is 15.5. The molecule has 1 atom stereocenters. The average Bonchev–Trinajstić information content (AvgIpc) is 2.62. The summed E-state index contributed by atoms with van der Waals surface area (Å²) in [5.41, 5.74) is 1.65. The number of amides is 3. The highest BCUT2D eigenvalue weighted by Gasteiger charge is 2.22. The molecule has 0 fully saturated rings. The minimum atomic E-state index is -1.12. The standard InChI is InChI=1S/C18H19N3O4/c1-12(16(22)21-18(24)19-2)25-17(23)14-10-6-7-11-15(14)20-13-8-4-3-5-9-13/h3-12,20H,1-2H3,(H2,19,21,22,24)/t12-/m1/s1. The van der Waals surface area contributed by atoms with Crippen molar-refractivity contribution in [2.45, 2.75) is 13.0 Å². The van der Waals surface area contributed by atoms with Crippen LogP contribution in [0.15, 0.2) is 54.6 Å². The molecule has 25 heavy (non-hydrogen) atoms. The van der Waals surface area contributed by atoms with Crippen LogP contribution in [0.25, 0.3) is 0 Å². The van der Waals surface area contributed by atoms with E-state index in [1.54, 1.807) is 24.3 Å². The lowest BCUT2D eigenvalue weighted by Crippen LogP contribution is -2.43. The Morgan fingerprint density at radius 1 is 0.960 bits per heavy atom. The normalized spacial score (nSPS) is 11.1. The summed E-state index contributed by atoms with van der Waals surface area (Å²) < 4.78 is 5.15. The fourth-order valence-electron chi connectivity index (χ4n) is 2.00. The van der Waals surface area contributed by atoms with Crippen LogP contribution in [0.5, 0.6) is 0 Å². The summed E-state index contributed by atoms with van der Waals surface area (Å²) in [5, 5.41) is 7.44. The Balaban J connectivity index is 2.09. The third kappa shape index (κ3) is 5.07. The fraction of sp³-hybridized carbons (Fsp3) is 0.167.